The van der Waals surface area contributed by atoms with Crippen LogP contribution in [0.2, 0.25) is 0 Å². The number of carbonyl (C=O) groups is 1. The number of ether oxygens (including phenoxy) is 1. The maximum Gasteiger partial charge on any atom is 0.409 e. The fourth-order valence-corrected chi connectivity index (χ4v) is 2.82. The Bertz CT molecular complexity index is 393. The second-order valence-corrected chi connectivity index (χ2v) is 5.69. The number of carbonyl (C=O) groups excluding carboxylic acids is 1. The molecule has 0 spiro atoms. The average Bonchev–Trinajstić information content (AvgIpc) is 2.98. The molecule has 0 aromatic carbocycles. The molecule has 1 aromatic rings. The Morgan fingerprint density at radius 1 is 1.60 bits per heavy atom. The van der Waals surface area contributed by atoms with Gasteiger partial charge < -0.3 is 15.0 Å². The van der Waals surface area contributed by atoms with Gasteiger partial charge in [0.05, 0.1) is 12.8 Å². The maximum atomic E-state index is 11.6. The fourth-order valence-electron chi connectivity index (χ4n) is 2.16. The van der Waals surface area contributed by atoms with E-state index in [0.717, 1.165) is 43.3 Å². The summed E-state index contributed by atoms with van der Waals surface area (Å²) in [4.78, 5) is 13.3. The molecule has 0 radical (unpaired) electrons. The molecular formula is C12H21N5O2S. The summed E-state index contributed by atoms with van der Waals surface area (Å²) < 4.78 is 5.00. The smallest absolute Gasteiger partial charge is 0.409 e. The van der Waals surface area contributed by atoms with Crippen molar-refractivity contribution < 1.29 is 9.53 Å². The summed E-state index contributed by atoms with van der Waals surface area (Å²) in [5.41, 5.74) is 0. The van der Waals surface area contributed by atoms with Crippen LogP contribution in [0.3, 0.4) is 0 Å². The van der Waals surface area contributed by atoms with Crippen molar-refractivity contribution in [3.63, 3.8) is 0 Å². The second-order valence-electron chi connectivity index (χ2n) is 4.57. The fraction of sp³-hybridized carbons (Fsp3) is 0.750. The van der Waals surface area contributed by atoms with Crippen molar-refractivity contribution in [1.82, 2.24) is 25.6 Å². The van der Waals surface area contributed by atoms with E-state index in [4.69, 9.17) is 4.74 Å². The molecule has 1 aliphatic heterocycles. The van der Waals surface area contributed by atoms with Crippen LogP contribution in [-0.4, -0.2) is 64.4 Å². The lowest BCUT2D eigenvalue weighted by atomic mass is 10.1. The third-order valence-corrected chi connectivity index (χ3v) is 4.10. The predicted octanol–water partition coefficient (Wildman–Crippen LogP) is 1.11. The molecule has 0 saturated carbocycles. The van der Waals surface area contributed by atoms with Gasteiger partial charge in [-0.3, -0.25) is 0 Å². The summed E-state index contributed by atoms with van der Waals surface area (Å²) in [6.45, 7) is 4.75. The quantitative estimate of drug-likeness (QED) is 0.605. The van der Waals surface area contributed by atoms with Gasteiger partial charge >= 0.3 is 6.09 Å². The summed E-state index contributed by atoms with van der Waals surface area (Å²) >= 11 is 1.68. The lowest BCUT2D eigenvalue weighted by Gasteiger charge is -2.31. The zero-order valence-electron chi connectivity index (χ0n) is 11.7. The van der Waals surface area contributed by atoms with Crippen LogP contribution in [-0.2, 0) is 4.74 Å². The number of aromatic amines is 1. The summed E-state index contributed by atoms with van der Waals surface area (Å²) in [6.07, 6.45) is 3.50. The minimum Gasteiger partial charge on any atom is -0.450 e. The number of hydrogen-bond donors (Lipinski definition) is 2. The van der Waals surface area contributed by atoms with Gasteiger partial charge in [-0.1, -0.05) is 0 Å². The van der Waals surface area contributed by atoms with E-state index in [1.54, 1.807) is 22.9 Å². The van der Waals surface area contributed by atoms with E-state index >= 15 is 0 Å². The van der Waals surface area contributed by atoms with Gasteiger partial charge in [0, 0.05) is 31.4 Å². The Hall–Kier alpha value is -1.28. The Labute approximate surface area is 122 Å². The van der Waals surface area contributed by atoms with Gasteiger partial charge in [-0.2, -0.15) is 10.3 Å². The third kappa shape index (κ3) is 4.68. The molecule has 2 N–H and O–H groups in total. The summed E-state index contributed by atoms with van der Waals surface area (Å²) in [7, 11) is 0. The maximum absolute atomic E-state index is 11.6. The van der Waals surface area contributed by atoms with Crippen LogP contribution < -0.4 is 5.32 Å². The van der Waals surface area contributed by atoms with Gasteiger partial charge in [0.1, 0.15) is 5.03 Å². The first-order valence-corrected chi connectivity index (χ1v) is 7.91. The van der Waals surface area contributed by atoms with Crippen LogP contribution in [0.15, 0.2) is 11.2 Å². The number of amides is 1. The molecule has 1 saturated heterocycles. The molecule has 0 aliphatic carbocycles. The minimum absolute atomic E-state index is 0.187. The van der Waals surface area contributed by atoms with Gasteiger partial charge in [0.2, 0.25) is 0 Å². The van der Waals surface area contributed by atoms with E-state index in [0.29, 0.717) is 12.6 Å². The molecule has 112 valence electrons. The highest BCUT2D eigenvalue weighted by Crippen LogP contribution is 2.13. The van der Waals surface area contributed by atoms with E-state index in [-0.39, 0.29) is 6.09 Å². The normalized spacial score (nSPS) is 16.4. The molecule has 2 heterocycles. The molecule has 20 heavy (non-hydrogen) atoms. The van der Waals surface area contributed by atoms with Crippen LogP contribution in [0.25, 0.3) is 0 Å². The predicted molar refractivity (Wildman–Crippen MR) is 76.7 cm³/mol. The molecule has 1 fully saturated rings. The Kier molecular flexibility index (Phi) is 6.13. The lowest BCUT2D eigenvalue weighted by Crippen LogP contribution is -2.45. The number of nitrogens with one attached hydrogen (secondary N) is 2. The monoisotopic (exact) mass is 299 g/mol. The van der Waals surface area contributed by atoms with Gasteiger partial charge in [0.15, 0.2) is 0 Å². The molecule has 0 bridgehead atoms. The van der Waals surface area contributed by atoms with Crippen LogP contribution >= 0.6 is 11.8 Å². The highest BCUT2D eigenvalue weighted by molar-refractivity contribution is 7.99. The number of aromatic nitrogens is 3. The number of hydrogen-bond acceptors (Lipinski definition) is 6. The van der Waals surface area contributed by atoms with Crippen molar-refractivity contribution in [2.45, 2.75) is 30.8 Å². The number of likely N-dealkylation sites (tertiary alicyclic amines) is 1. The molecule has 1 aliphatic rings. The zero-order chi connectivity index (χ0) is 14.2. The van der Waals surface area contributed by atoms with Crippen molar-refractivity contribution in [3.05, 3.63) is 6.20 Å². The van der Waals surface area contributed by atoms with Crippen molar-refractivity contribution in [2.24, 2.45) is 0 Å². The Balaban J connectivity index is 1.56. The molecule has 1 amide bonds. The van der Waals surface area contributed by atoms with Crippen molar-refractivity contribution >= 4 is 17.9 Å². The summed E-state index contributed by atoms with van der Waals surface area (Å²) in [5.74, 6) is 0.963. The molecule has 1 aromatic heterocycles. The Morgan fingerprint density at radius 2 is 2.40 bits per heavy atom. The number of H-pyrrole nitrogens is 1. The second kappa shape index (κ2) is 8.11. The van der Waals surface area contributed by atoms with Crippen molar-refractivity contribution in [3.8, 4) is 0 Å². The molecule has 0 atom stereocenters. The van der Waals surface area contributed by atoms with E-state index in [1.165, 1.54) is 0 Å². The standard InChI is InChI=1S/C12H21N5O2S/c1-2-19-12(18)17-6-3-10(4-7-17)13-5-8-20-11-9-14-16-15-11/h9-10,13H,2-8H2,1H3,(H,14,15,16). The van der Waals surface area contributed by atoms with E-state index in [2.05, 4.69) is 20.7 Å². The van der Waals surface area contributed by atoms with E-state index in [1.807, 2.05) is 6.92 Å². The lowest BCUT2D eigenvalue weighted by molar-refractivity contribution is 0.0953. The zero-order valence-corrected chi connectivity index (χ0v) is 12.5. The van der Waals surface area contributed by atoms with Crippen LogP contribution in [0.4, 0.5) is 4.79 Å². The van der Waals surface area contributed by atoms with Gasteiger partial charge in [0.25, 0.3) is 0 Å². The first-order chi connectivity index (χ1) is 9.79. The van der Waals surface area contributed by atoms with Crippen molar-refractivity contribution in [1.29, 1.82) is 0 Å². The molecule has 2 rings (SSSR count). The summed E-state index contributed by atoms with van der Waals surface area (Å²) in [6, 6.07) is 0.485. The molecule has 0 unspecified atom stereocenters. The number of nitrogens with zero attached hydrogens (tertiary/aromatic N) is 3. The Morgan fingerprint density at radius 3 is 3.05 bits per heavy atom. The number of rotatable bonds is 6. The summed E-state index contributed by atoms with van der Waals surface area (Å²) in [5, 5.41) is 14.8. The molecular weight excluding hydrogens is 278 g/mol. The van der Waals surface area contributed by atoms with Crippen molar-refractivity contribution in [2.75, 3.05) is 32.0 Å². The van der Waals surface area contributed by atoms with Crippen LogP contribution in [0.5, 0.6) is 0 Å². The topological polar surface area (TPSA) is 83.1 Å². The van der Waals surface area contributed by atoms with E-state index < -0.39 is 0 Å². The SMILES string of the molecule is CCOC(=O)N1CCC(NCCSc2cn[nH]n2)CC1. The molecule has 8 heteroatoms. The van der Waals surface area contributed by atoms with Crippen LogP contribution in [0, 0.1) is 0 Å². The van der Waals surface area contributed by atoms with Gasteiger partial charge in [-0.15, -0.1) is 16.9 Å². The third-order valence-electron chi connectivity index (χ3n) is 3.20. The highest BCUT2D eigenvalue weighted by atomic mass is 32.2. The minimum atomic E-state index is -0.187. The van der Waals surface area contributed by atoms with Crippen LogP contribution in [0.1, 0.15) is 19.8 Å². The first kappa shape index (κ1) is 15.1. The number of thioether (sulfide) groups is 1. The van der Waals surface area contributed by atoms with Gasteiger partial charge in [-0.05, 0) is 19.8 Å². The first-order valence-electron chi connectivity index (χ1n) is 6.93. The van der Waals surface area contributed by atoms with Gasteiger partial charge in [-0.25, -0.2) is 4.79 Å². The highest BCUT2D eigenvalue weighted by Gasteiger charge is 2.22. The largest absolute Gasteiger partial charge is 0.450 e. The number of piperidine rings is 1. The molecule has 7 nitrogen and oxygen atoms in total. The van der Waals surface area contributed by atoms with E-state index in [9.17, 15) is 4.79 Å². The average molecular weight is 299 g/mol.